The van der Waals surface area contributed by atoms with Gasteiger partial charge < -0.3 is 26.0 Å². The van der Waals surface area contributed by atoms with E-state index < -0.39 is 6.16 Å². The zero-order valence-corrected chi connectivity index (χ0v) is 17.3. The molecule has 0 unspecified atom stereocenters. The van der Waals surface area contributed by atoms with Crippen molar-refractivity contribution in [2.24, 2.45) is 0 Å². The molecule has 3 aromatic heterocycles. The van der Waals surface area contributed by atoms with Crippen LogP contribution in [0.1, 0.15) is 43.8 Å². The van der Waals surface area contributed by atoms with Crippen molar-refractivity contribution in [2.75, 3.05) is 5.73 Å². The average molecular weight is 444 g/mol. The minimum atomic E-state index is -1.83. The van der Waals surface area contributed by atoms with Gasteiger partial charge in [-0.1, -0.05) is 30.9 Å². The number of fused-ring (bicyclic) bond motifs is 2. The molecule has 1 saturated carbocycles. The number of carboxylic acid groups (broad SMARTS) is 2. The molecule has 1 fully saturated rings. The molecule has 5 rings (SSSR count). The molecule has 1 aliphatic carbocycles. The van der Waals surface area contributed by atoms with E-state index in [1.807, 2.05) is 12.3 Å². The molecule has 3 heterocycles. The molecule has 0 spiro atoms. The number of aromatic amines is 1. The molecule has 0 saturated heterocycles. The zero-order chi connectivity index (χ0) is 22.1. The molecule has 9 nitrogen and oxygen atoms in total. The van der Waals surface area contributed by atoms with Crippen LogP contribution in [-0.2, 0) is 0 Å². The number of hydrogen-bond acceptors (Lipinski definition) is 5. The Labute approximate surface area is 182 Å². The maximum Gasteiger partial charge on any atom is 0.503 e. The molecular weight excluding hydrogens is 422 g/mol. The van der Waals surface area contributed by atoms with Gasteiger partial charge in [0.2, 0.25) is 0 Å². The first-order chi connectivity index (χ1) is 14.9. The molecule has 0 amide bonds. The summed E-state index contributed by atoms with van der Waals surface area (Å²) in [6.45, 7) is 0. The van der Waals surface area contributed by atoms with Crippen LogP contribution in [0.4, 0.5) is 10.6 Å². The Hall–Kier alpha value is -3.46. The highest BCUT2D eigenvalue weighted by Gasteiger charge is 2.25. The summed E-state index contributed by atoms with van der Waals surface area (Å²) in [6, 6.07) is 5.14. The highest BCUT2D eigenvalue weighted by atomic mass is 35.5. The number of carbonyl (C=O) groups is 1. The quantitative estimate of drug-likeness (QED) is 0.289. The second kappa shape index (κ2) is 8.35. The first-order valence-electron chi connectivity index (χ1n) is 9.91. The lowest BCUT2D eigenvalue weighted by Crippen LogP contribution is -2.09. The SMILES string of the molecule is Nc1nccn2c(C3CCCCC3)nc(-c3cc4c(O)ccc(Cl)c4[nH]3)c12.O=C(O)O. The Kier molecular flexibility index (Phi) is 5.60. The van der Waals surface area contributed by atoms with Crippen LogP contribution in [0, 0.1) is 0 Å². The number of anilines is 1. The predicted molar refractivity (Wildman–Crippen MR) is 118 cm³/mol. The van der Waals surface area contributed by atoms with Crippen molar-refractivity contribution in [1.29, 1.82) is 0 Å². The van der Waals surface area contributed by atoms with Crippen molar-refractivity contribution in [1.82, 2.24) is 19.4 Å². The number of nitrogen functional groups attached to an aromatic ring is 1. The number of phenols is 1. The smallest absolute Gasteiger partial charge is 0.503 e. The Morgan fingerprint density at radius 2 is 1.94 bits per heavy atom. The standard InChI is InChI=1S/C20H20ClN5O.CH2O3/c21-13-6-7-15(27)12-10-14(24-16(12)13)17-18-19(22)23-8-9-26(18)20(25-17)11-4-2-1-3-5-11;2-1(3)4/h6-11,24,27H,1-5H2,(H2,22,23);(H2,2,3,4). The Bertz CT molecular complexity index is 1220. The van der Waals surface area contributed by atoms with Crippen molar-refractivity contribution < 1.29 is 20.1 Å². The van der Waals surface area contributed by atoms with E-state index >= 15 is 0 Å². The summed E-state index contributed by atoms with van der Waals surface area (Å²) in [5, 5.41) is 25.4. The largest absolute Gasteiger partial charge is 0.507 e. The molecule has 0 atom stereocenters. The van der Waals surface area contributed by atoms with E-state index in [-0.39, 0.29) is 5.75 Å². The first kappa shape index (κ1) is 20.8. The van der Waals surface area contributed by atoms with Gasteiger partial charge in [0.25, 0.3) is 0 Å². The van der Waals surface area contributed by atoms with Gasteiger partial charge in [-0.2, -0.15) is 0 Å². The zero-order valence-electron chi connectivity index (χ0n) is 16.5. The van der Waals surface area contributed by atoms with Crippen LogP contribution < -0.4 is 5.73 Å². The second-order valence-electron chi connectivity index (χ2n) is 7.51. The van der Waals surface area contributed by atoms with E-state index in [0.29, 0.717) is 27.7 Å². The topological polar surface area (TPSA) is 150 Å². The van der Waals surface area contributed by atoms with E-state index in [0.717, 1.165) is 35.6 Å². The van der Waals surface area contributed by atoms with Gasteiger partial charge in [0, 0.05) is 23.7 Å². The van der Waals surface area contributed by atoms with E-state index in [9.17, 15) is 5.11 Å². The fourth-order valence-electron chi connectivity index (χ4n) is 4.22. The lowest BCUT2D eigenvalue weighted by molar-refractivity contribution is 0.137. The number of imidazole rings is 1. The lowest BCUT2D eigenvalue weighted by atomic mass is 9.89. The number of halogens is 1. The normalized spacial score (nSPS) is 14.5. The van der Waals surface area contributed by atoms with E-state index in [1.165, 1.54) is 19.3 Å². The summed E-state index contributed by atoms with van der Waals surface area (Å²) < 4.78 is 2.07. The first-order valence-corrected chi connectivity index (χ1v) is 10.3. The Morgan fingerprint density at radius 1 is 1.23 bits per heavy atom. The van der Waals surface area contributed by atoms with E-state index in [2.05, 4.69) is 14.4 Å². The predicted octanol–water partition coefficient (Wildman–Crippen LogP) is 5.09. The Balaban J connectivity index is 0.000000535. The third kappa shape index (κ3) is 3.96. The number of hydrogen-bond donors (Lipinski definition) is 5. The summed E-state index contributed by atoms with van der Waals surface area (Å²) in [6.07, 6.45) is 7.83. The van der Waals surface area contributed by atoms with Crippen LogP contribution in [0.25, 0.3) is 27.8 Å². The minimum Gasteiger partial charge on any atom is -0.507 e. The number of nitrogens with two attached hydrogens (primary N) is 1. The van der Waals surface area contributed by atoms with Gasteiger partial charge in [0.05, 0.1) is 16.2 Å². The fourth-order valence-corrected chi connectivity index (χ4v) is 4.43. The van der Waals surface area contributed by atoms with Crippen molar-refractivity contribution in [3.05, 3.63) is 41.4 Å². The fraction of sp³-hybridized carbons (Fsp3) is 0.286. The molecule has 6 N–H and O–H groups in total. The summed E-state index contributed by atoms with van der Waals surface area (Å²) in [5.74, 6) is 2.07. The molecule has 0 bridgehead atoms. The monoisotopic (exact) mass is 443 g/mol. The van der Waals surface area contributed by atoms with Gasteiger partial charge in [-0.25, -0.2) is 14.8 Å². The number of rotatable bonds is 2. The van der Waals surface area contributed by atoms with E-state index in [4.69, 9.17) is 37.3 Å². The maximum atomic E-state index is 10.2. The molecule has 4 aromatic rings. The molecule has 0 aliphatic heterocycles. The van der Waals surface area contributed by atoms with Gasteiger partial charge in [-0.15, -0.1) is 0 Å². The molecule has 1 aliphatic rings. The molecular formula is C21H22ClN5O4. The minimum absolute atomic E-state index is 0.180. The number of nitrogens with one attached hydrogen (secondary N) is 1. The van der Waals surface area contributed by atoms with Crippen LogP contribution in [0.3, 0.4) is 0 Å². The van der Waals surface area contributed by atoms with Gasteiger partial charge >= 0.3 is 6.16 Å². The van der Waals surface area contributed by atoms with E-state index in [1.54, 1.807) is 18.3 Å². The molecule has 1 aromatic carbocycles. The molecule has 162 valence electrons. The van der Waals surface area contributed by atoms with Crippen LogP contribution in [0.2, 0.25) is 5.02 Å². The van der Waals surface area contributed by atoms with Gasteiger partial charge in [0.15, 0.2) is 0 Å². The number of H-pyrrole nitrogens is 1. The van der Waals surface area contributed by atoms with Gasteiger partial charge in [-0.3, -0.25) is 4.40 Å². The summed E-state index contributed by atoms with van der Waals surface area (Å²) in [5.41, 5.74) is 9.23. The average Bonchev–Trinajstić information content (AvgIpc) is 3.35. The number of nitrogens with zero attached hydrogens (tertiary/aromatic N) is 3. The maximum absolute atomic E-state index is 10.2. The summed E-state index contributed by atoms with van der Waals surface area (Å²) >= 11 is 6.30. The van der Waals surface area contributed by atoms with Crippen molar-refractivity contribution in [3.63, 3.8) is 0 Å². The van der Waals surface area contributed by atoms with Crippen LogP contribution in [0.5, 0.6) is 5.75 Å². The van der Waals surface area contributed by atoms with Crippen molar-refractivity contribution in [3.8, 4) is 17.1 Å². The second-order valence-corrected chi connectivity index (χ2v) is 7.91. The van der Waals surface area contributed by atoms with Crippen molar-refractivity contribution >= 4 is 40.0 Å². The highest BCUT2D eigenvalue weighted by Crippen LogP contribution is 2.39. The summed E-state index contributed by atoms with van der Waals surface area (Å²) in [4.78, 5) is 21.1. The van der Waals surface area contributed by atoms with Crippen molar-refractivity contribution in [2.45, 2.75) is 38.0 Å². The number of phenolic OH excluding ortho intramolecular Hbond substituents is 1. The summed E-state index contributed by atoms with van der Waals surface area (Å²) in [7, 11) is 0. The third-order valence-electron chi connectivity index (χ3n) is 5.56. The van der Waals surface area contributed by atoms with Crippen LogP contribution in [0.15, 0.2) is 30.6 Å². The Morgan fingerprint density at radius 3 is 2.61 bits per heavy atom. The number of benzene rings is 1. The van der Waals surface area contributed by atoms with Crippen LogP contribution in [-0.4, -0.2) is 40.8 Å². The molecule has 31 heavy (non-hydrogen) atoms. The lowest BCUT2D eigenvalue weighted by Gasteiger charge is -2.20. The van der Waals surface area contributed by atoms with Gasteiger partial charge in [0.1, 0.15) is 28.6 Å². The molecule has 0 radical (unpaired) electrons. The highest BCUT2D eigenvalue weighted by molar-refractivity contribution is 6.35. The van der Waals surface area contributed by atoms with Gasteiger partial charge in [-0.05, 0) is 31.0 Å². The van der Waals surface area contributed by atoms with Crippen LogP contribution >= 0.6 is 11.6 Å². The third-order valence-corrected chi connectivity index (χ3v) is 5.87. The molecule has 10 heteroatoms. The number of aromatic nitrogens is 4. The number of aromatic hydroxyl groups is 1.